The molecule has 2 saturated carbocycles. The summed E-state index contributed by atoms with van der Waals surface area (Å²) in [7, 11) is 0. The number of carbonyl (C=O) groups is 1. The fraction of sp³-hybridized carbons (Fsp3) is 0.933. The molecule has 4 nitrogen and oxygen atoms in total. The minimum atomic E-state index is 0.222. The maximum absolute atomic E-state index is 12.0. The van der Waals surface area contributed by atoms with Gasteiger partial charge in [-0.25, -0.2) is 0 Å². The summed E-state index contributed by atoms with van der Waals surface area (Å²) in [5, 5.41) is 3.48. The largest absolute Gasteiger partial charge is 0.378 e. The summed E-state index contributed by atoms with van der Waals surface area (Å²) >= 11 is 0. The number of hydrogen-bond donors (Lipinski definition) is 1. The molecule has 0 saturated heterocycles. The Morgan fingerprint density at radius 2 is 2.00 bits per heavy atom. The molecule has 1 N–H and O–H groups in total. The summed E-state index contributed by atoms with van der Waals surface area (Å²) in [5.41, 5.74) is 0.347. The second-order valence-corrected chi connectivity index (χ2v) is 5.77. The molecule has 0 aromatic carbocycles. The Balaban J connectivity index is 1.80. The van der Waals surface area contributed by atoms with Crippen molar-refractivity contribution in [2.45, 2.75) is 58.6 Å². The van der Waals surface area contributed by atoms with Crippen LogP contribution in [0.1, 0.15) is 46.5 Å². The van der Waals surface area contributed by atoms with Crippen molar-refractivity contribution in [1.29, 1.82) is 0 Å². The Labute approximate surface area is 116 Å². The van der Waals surface area contributed by atoms with Crippen LogP contribution in [0.5, 0.6) is 0 Å². The fourth-order valence-corrected chi connectivity index (χ4v) is 3.62. The molecule has 19 heavy (non-hydrogen) atoms. The van der Waals surface area contributed by atoms with Gasteiger partial charge in [0.2, 0.25) is 5.91 Å². The third kappa shape index (κ3) is 2.65. The third-order valence-corrected chi connectivity index (χ3v) is 5.05. The SMILES string of the molecule is CCOC1CC(NCC(=O)N(CC)CC)C12CCC2. The first-order valence-corrected chi connectivity index (χ1v) is 7.80. The predicted molar refractivity (Wildman–Crippen MR) is 76.0 cm³/mol. The first kappa shape index (κ1) is 14.8. The van der Waals surface area contributed by atoms with Crippen LogP contribution in [0.15, 0.2) is 0 Å². The van der Waals surface area contributed by atoms with Gasteiger partial charge in [-0.2, -0.15) is 0 Å². The van der Waals surface area contributed by atoms with Gasteiger partial charge in [-0.1, -0.05) is 6.42 Å². The van der Waals surface area contributed by atoms with Crippen molar-refractivity contribution < 1.29 is 9.53 Å². The van der Waals surface area contributed by atoms with Gasteiger partial charge in [0.1, 0.15) is 0 Å². The van der Waals surface area contributed by atoms with Gasteiger partial charge in [-0.05, 0) is 40.0 Å². The third-order valence-electron chi connectivity index (χ3n) is 5.05. The Bertz CT molecular complexity index is 311. The topological polar surface area (TPSA) is 41.6 Å². The molecule has 0 aromatic heterocycles. The molecule has 2 fully saturated rings. The van der Waals surface area contributed by atoms with Crippen LogP contribution in [0.3, 0.4) is 0 Å². The summed E-state index contributed by atoms with van der Waals surface area (Å²) in [6.45, 7) is 9.01. The van der Waals surface area contributed by atoms with Crippen LogP contribution >= 0.6 is 0 Å². The smallest absolute Gasteiger partial charge is 0.236 e. The molecule has 2 atom stereocenters. The Hall–Kier alpha value is -0.610. The molecule has 0 aliphatic heterocycles. The molecule has 2 unspecified atom stereocenters. The summed E-state index contributed by atoms with van der Waals surface area (Å²) < 4.78 is 5.83. The van der Waals surface area contributed by atoms with Gasteiger partial charge in [0.15, 0.2) is 0 Å². The molecule has 4 heteroatoms. The van der Waals surface area contributed by atoms with E-state index < -0.39 is 0 Å². The lowest BCUT2D eigenvalue weighted by atomic mass is 9.51. The van der Waals surface area contributed by atoms with E-state index in [0.717, 1.165) is 26.1 Å². The number of nitrogens with zero attached hydrogens (tertiary/aromatic N) is 1. The molecule has 0 heterocycles. The van der Waals surface area contributed by atoms with E-state index in [1.807, 2.05) is 18.7 Å². The number of hydrogen-bond acceptors (Lipinski definition) is 3. The van der Waals surface area contributed by atoms with Gasteiger partial charge in [-0.3, -0.25) is 4.79 Å². The predicted octanol–water partition coefficient (Wildman–Crippen LogP) is 1.79. The van der Waals surface area contributed by atoms with Gasteiger partial charge in [0.05, 0.1) is 12.6 Å². The molecule has 2 aliphatic rings. The van der Waals surface area contributed by atoms with Crippen LogP contribution in [0.25, 0.3) is 0 Å². The van der Waals surface area contributed by atoms with E-state index in [9.17, 15) is 4.79 Å². The lowest BCUT2D eigenvalue weighted by Gasteiger charge is -2.61. The van der Waals surface area contributed by atoms with Crippen LogP contribution in [0, 0.1) is 5.41 Å². The highest BCUT2D eigenvalue weighted by atomic mass is 16.5. The summed E-state index contributed by atoms with van der Waals surface area (Å²) in [5.74, 6) is 0.222. The molecule has 1 amide bonds. The van der Waals surface area contributed by atoms with Crippen LogP contribution in [-0.4, -0.2) is 49.2 Å². The molecule has 2 rings (SSSR count). The normalized spacial score (nSPS) is 27.7. The summed E-state index contributed by atoms with van der Waals surface area (Å²) in [6, 6.07) is 0.484. The molecule has 1 spiro atoms. The van der Waals surface area contributed by atoms with Crippen molar-refractivity contribution in [3.63, 3.8) is 0 Å². The maximum Gasteiger partial charge on any atom is 0.236 e. The zero-order valence-corrected chi connectivity index (χ0v) is 12.6. The molecular formula is C15H28N2O2. The van der Waals surface area contributed by atoms with Gasteiger partial charge >= 0.3 is 0 Å². The molecule has 0 aromatic rings. The van der Waals surface area contributed by atoms with Crippen molar-refractivity contribution in [3.05, 3.63) is 0 Å². The first-order valence-electron chi connectivity index (χ1n) is 7.80. The molecule has 0 bridgehead atoms. The first-order chi connectivity index (χ1) is 9.17. The second kappa shape index (κ2) is 6.23. The number of ether oxygens (including phenoxy) is 1. The highest BCUT2D eigenvalue weighted by molar-refractivity contribution is 5.78. The van der Waals surface area contributed by atoms with E-state index in [4.69, 9.17) is 4.74 Å². The minimum Gasteiger partial charge on any atom is -0.378 e. The lowest BCUT2D eigenvalue weighted by Crippen LogP contribution is -2.67. The number of rotatable bonds is 7. The van der Waals surface area contributed by atoms with Crippen molar-refractivity contribution in [3.8, 4) is 0 Å². The quantitative estimate of drug-likeness (QED) is 0.765. The van der Waals surface area contributed by atoms with Gasteiger partial charge < -0.3 is 15.0 Å². The number of nitrogens with one attached hydrogen (secondary N) is 1. The summed E-state index contributed by atoms with van der Waals surface area (Å²) in [6.07, 6.45) is 5.32. The molecule has 2 aliphatic carbocycles. The average molecular weight is 268 g/mol. The van der Waals surface area contributed by atoms with Crippen molar-refractivity contribution >= 4 is 5.91 Å². The Morgan fingerprint density at radius 1 is 1.32 bits per heavy atom. The second-order valence-electron chi connectivity index (χ2n) is 5.77. The number of carbonyl (C=O) groups excluding carboxylic acids is 1. The van der Waals surface area contributed by atoms with Crippen molar-refractivity contribution in [2.75, 3.05) is 26.2 Å². The zero-order valence-electron chi connectivity index (χ0n) is 12.6. The van der Waals surface area contributed by atoms with Crippen molar-refractivity contribution in [1.82, 2.24) is 10.2 Å². The van der Waals surface area contributed by atoms with Crippen LogP contribution in [-0.2, 0) is 9.53 Å². The molecular weight excluding hydrogens is 240 g/mol. The highest BCUT2D eigenvalue weighted by Crippen LogP contribution is 2.57. The minimum absolute atomic E-state index is 0.222. The maximum atomic E-state index is 12.0. The zero-order chi connectivity index (χ0) is 13.9. The van der Waals surface area contributed by atoms with E-state index in [1.165, 1.54) is 19.3 Å². The van der Waals surface area contributed by atoms with Gasteiger partial charge in [-0.15, -0.1) is 0 Å². The summed E-state index contributed by atoms with van der Waals surface area (Å²) in [4.78, 5) is 13.9. The Morgan fingerprint density at radius 3 is 2.47 bits per heavy atom. The van der Waals surface area contributed by atoms with E-state index in [2.05, 4.69) is 12.2 Å². The van der Waals surface area contributed by atoms with Gasteiger partial charge in [0.25, 0.3) is 0 Å². The lowest BCUT2D eigenvalue weighted by molar-refractivity contribution is -0.173. The molecule has 110 valence electrons. The van der Waals surface area contributed by atoms with E-state index in [1.54, 1.807) is 0 Å². The standard InChI is InChI=1S/C15H28N2O2/c1-4-17(5-2)14(18)11-16-12-10-13(19-6-3)15(12)8-7-9-15/h12-13,16H,4-11H2,1-3H3. The Kier molecular flexibility index (Phi) is 4.85. The van der Waals surface area contributed by atoms with E-state index >= 15 is 0 Å². The molecule has 0 radical (unpaired) electrons. The van der Waals surface area contributed by atoms with Crippen LogP contribution in [0.2, 0.25) is 0 Å². The van der Waals surface area contributed by atoms with Crippen LogP contribution < -0.4 is 5.32 Å². The van der Waals surface area contributed by atoms with Crippen LogP contribution in [0.4, 0.5) is 0 Å². The van der Waals surface area contributed by atoms with E-state index in [-0.39, 0.29) is 5.91 Å². The highest BCUT2D eigenvalue weighted by Gasteiger charge is 2.58. The van der Waals surface area contributed by atoms with Gasteiger partial charge in [0, 0.05) is 31.2 Å². The fourth-order valence-electron chi connectivity index (χ4n) is 3.62. The monoisotopic (exact) mass is 268 g/mol. The number of amides is 1. The average Bonchev–Trinajstić information content (AvgIpc) is 2.32. The van der Waals surface area contributed by atoms with Crippen molar-refractivity contribution in [2.24, 2.45) is 5.41 Å². The van der Waals surface area contributed by atoms with E-state index in [0.29, 0.717) is 24.1 Å². The number of likely N-dealkylation sites (N-methyl/N-ethyl adjacent to an activating group) is 1.